The maximum absolute atomic E-state index is 12.5. The molecule has 1 amide bonds. The molecule has 0 bridgehead atoms. The molecule has 6 nitrogen and oxygen atoms in total. The zero-order valence-electron chi connectivity index (χ0n) is 13.1. The minimum atomic E-state index is -0.965. The van der Waals surface area contributed by atoms with E-state index in [1.807, 2.05) is 19.9 Å². The van der Waals surface area contributed by atoms with Gasteiger partial charge in [0.25, 0.3) is 5.91 Å². The van der Waals surface area contributed by atoms with Crippen LogP contribution in [0, 0.1) is 0 Å². The molecule has 0 saturated heterocycles. The van der Waals surface area contributed by atoms with Gasteiger partial charge in [0.1, 0.15) is 0 Å². The number of carboxylic acid groups (broad SMARTS) is 1. The van der Waals surface area contributed by atoms with Crippen LogP contribution in [-0.4, -0.2) is 33.6 Å². The predicted molar refractivity (Wildman–Crippen MR) is 82.4 cm³/mol. The van der Waals surface area contributed by atoms with Gasteiger partial charge in [-0.1, -0.05) is 25.1 Å². The number of aromatic carboxylic acids is 1. The summed E-state index contributed by atoms with van der Waals surface area (Å²) in [4.78, 5) is 25.3. The van der Waals surface area contributed by atoms with Gasteiger partial charge in [0, 0.05) is 19.2 Å². The molecule has 120 valence electrons. The number of aromatic nitrogens is 1. The third-order valence-electron chi connectivity index (χ3n) is 4.08. The highest BCUT2D eigenvalue weighted by Crippen LogP contribution is 2.23. The molecule has 2 aromatic rings. The van der Waals surface area contributed by atoms with Crippen LogP contribution in [0.4, 0.5) is 0 Å². The Kier molecular flexibility index (Phi) is 3.90. The van der Waals surface area contributed by atoms with Crippen molar-refractivity contribution in [3.63, 3.8) is 0 Å². The van der Waals surface area contributed by atoms with Crippen LogP contribution in [0.3, 0.4) is 0 Å². The van der Waals surface area contributed by atoms with Crippen molar-refractivity contribution in [1.29, 1.82) is 0 Å². The van der Waals surface area contributed by atoms with E-state index in [1.54, 1.807) is 23.1 Å². The fourth-order valence-corrected chi connectivity index (χ4v) is 2.68. The summed E-state index contributed by atoms with van der Waals surface area (Å²) in [5.74, 6) is -0.754. The van der Waals surface area contributed by atoms with Gasteiger partial charge < -0.3 is 14.5 Å². The van der Waals surface area contributed by atoms with Crippen LogP contribution in [0.2, 0.25) is 0 Å². The first kappa shape index (κ1) is 15.3. The van der Waals surface area contributed by atoms with Gasteiger partial charge >= 0.3 is 5.97 Å². The topological polar surface area (TPSA) is 83.6 Å². The summed E-state index contributed by atoms with van der Waals surface area (Å²) in [5.41, 5.74) is 2.94. The maximum Gasteiger partial charge on any atom is 0.335 e. The number of carbonyl (C=O) groups is 2. The second-order valence-electron chi connectivity index (χ2n) is 6.04. The molecule has 0 saturated carbocycles. The standard InChI is InChI=1S/C17H18N2O4/c1-10(2)14-8-15(23-18-14)16(20)19-6-5-11-3-4-12(17(21)22)7-13(11)9-19/h3-4,7-8,10H,5-6,9H2,1-2H3,(H,21,22). The molecule has 0 spiro atoms. The first-order valence-electron chi connectivity index (χ1n) is 7.56. The van der Waals surface area contributed by atoms with Gasteiger partial charge in [0.15, 0.2) is 0 Å². The highest BCUT2D eigenvalue weighted by Gasteiger charge is 2.25. The van der Waals surface area contributed by atoms with Gasteiger partial charge in [-0.15, -0.1) is 0 Å². The largest absolute Gasteiger partial charge is 0.478 e. The molecular weight excluding hydrogens is 296 g/mol. The van der Waals surface area contributed by atoms with Crippen LogP contribution in [0.1, 0.15) is 57.5 Å². The Morgan fingerprint density at radius 1 is 1.26 bits per heavy atom. The van der Waals surface area contributed by atoms with E-state index in [4.69, 9.17) is 9.63 Å². The molecule has 2 heterocycles. The van der Waals surface area contributed by atoms with Crippen LogP contribution in [0.5, 0.6) is 0 Å². The van der Waals surface area contributed by atoms with Crippen molar-refractivity contribution in [1.82, 2.24) is 10.1 Å². The summed E-state index contributed by atoms with van der Waals surface area (Å²) < 4.78 is 5.16. The highest BCUT2D eigenvalue weighted by atomic mass is 16.5. The number of rotatable bonds is 3. The molecule has 1 aromatic carbocycles. The van der Waals surface area contributed by atoms with Gasteiger partial charge in [-0.25, -0.2) is 4.79 Å². The fraction of sp³-hybridized carbons (Fsp3) is 0.353. The Morgan fingerprint density at radius 2 is 2.04 bits per heavy atom. The van der Waals surface area contributed by atoms with E-state index in [9.17, 15) is 9.59 Å². The Hall–Kier alpha value is -2.63. The van der Waals surface area contributed by atoms with Crippen LogP contribution < -0.4 is 0 Å². The lowest BCUT2D eigenvalue weighted by Gasteiger charge is -2.28. The minimum absolute atomic E-state index is 0.195. The summed E-state index contributed by atoms with van der Waals surface area (Å²) in [6.07, 6.45) is 0.701. The number of amides is 1. The SMILES string of the molecule is CC(C)c1cc(C(=O)N2CCc3ccc(C(=O)O)cc3C2)on1. The van der Waals surface area contributed by atoms with Crippen molar-refractivity contribution in [3.8, 4) is 0 Å². The first-order chi connectivity index (χ1) is 11.0. The van der Waals surface area contributed by atoms with E-state index < -0.39 is 5.97 Å². The second-order valence-corrected chi connectivity index (χ2v) is 6.04. The van der Waals surface area contributed by atoms with Crippen LogP contribution >= 0.6 is 0 Å². The molecule has 1 aromatic heterocycles. The summed E-state index contributed by atoms with van der Waals surface area (Å²) in [6.45, 7) is 4.93. The second kappa shape index (κ2) is 5.87. The van der Waals surface area contributed by atoms with Gasteiger partial charge in [-0.05, 0) is 35.6 Å². The molecule has 1 aliphatic heterocycles. The molecule has 23 heavy (non-hydrogen) atoms. The summed E-state index contributed by atoms with van der Waals surface area (Å²) >= 11 is 0. The van der Waals surface area contributed by atoms with Crippen LogP contribution in [0.25, 0.3) is 0 Å². The zero-order chi connectivity index (χ0) is 16.6. The maximum atomic E-state index is 12.5. The van der Waals surface area contributed by atoms with Gasteiger partial charge in [0.05, 0.1) is 11.3 Å². The van der Waals surface area contributed by atoms with Crippen molar-refractivity contribution < 1.29 is 19.2 Å². The van der Waals surface area contributed by atoms with Crippen molar-refractivity contribution in [3.05, 3.63) is 52.4 Å². The van der Waals surface area contributed by atoms with E-state index in [0.29, 0.717) is 19.5 Å². The monoisotopic (exact) mass is 314 g/mol. The van der Waals surface area contributed by atoms with Gasteiger partial charge in [-0.2, -0.15) is 0 Å². The average molecular weight is 314 g/mol. The number of hydrogen-bond acceptors (Lipinski definition) is 4. The van der Waals surface area contributed by atoms with E-state index >= 15 is 0 Å². The molecule has 1 aliphatic rings. The molecule has 0 atom stereocenters. The van der Waals surface area contributed by atoms with Crippen LogP contribution in [-0.2, 0) is 13.0 Å². The van der Waals surface area contributed by atoms with E-state index in [-0.39, 0.29) is 23.1 Å². The number of carbonyl (C=O) groups excluding carboxylic acids is 1. The molecule has 0 aliphatic carbocycles. The summed E-state index contributed by atoms with van der Waals surface area (Å²) in [5, 5.41) is 13.0. The Balaban J connectivity index is 1.81. The Morgan fingerprint density at radius 3 is 2.70 bits per heavy atom. The lowest BCUT2D eigenvalue weighted by atomic mass is 9.97. The quantitative estimate of drug-likeness (QED) is 0.941. The molecule has 1 N–H and O–H groups in total. The fourth-order valence-electron chi connectivity index (χ4n) is 2.68. The Bertz CT molecular complexity index is 764. The highest BCUT2D eigenvalue weighted by molar-refractivity contribution is 5.92. The lowest BCUT2D eigenvalue weighted by molar-refractivity contribution is 0.0692. The van der Waals surface area contributed by atoms with Crippen LogP contribution in [0.15, 0.2) is 28.8 Å². The summed E-state index contributed by atoms with van der Waals surface area (Å²) in [7, 11) is 0. The minimum Gasteiger partial charge on any atom is -0.478 e. The molecular formula is C17H18N2O4. The van der Waals surface area contributed by atoms with E-state index in [2.05, 4.69) is 5.16 Å². The molecule has 0 radical (unpaired) electrons. The number of hydrogen-bond donors (Lipinski definition) is 1. The smallest absolute Gasteiger partial charge is 0.335 e. The van der Waals surface area contributed by atoms with Crippen molar-refractivity contribution in [2.45, 2.75) is 32.7 Å². The van der Waals surface area contributed by atoms with Crippen molar-refractivity contribution >= 4 is 11.9 Å². The van der Waals surface area contributed by atoms with Gasteiger partial charge in [-0.3, -0.25) is 4.79 Å². The number of carboxylic acids is 1. The van der Waals surface area contributed by atoms with Crippen molar-refractivity contribution in [2.24, 2.45) is 0 Å². The normalized spacial score (nSPS) is 14.0. The number of nitrogens with zero attached hydrogens (tertiary/aromatic N) is 2. The average Bonchev–Trinajstić information content (AvgIpc) is 3.03. The molecule has 3 rings (SSSR count). The zero-order valence-corrected chi connectivity index (χ0v) is 13.1. The van der Waals surface area contributed by atoms with E-state index in [0.717, 1.165) is 16.8 Å². The number of benzene rings is 1. The van der Waals surface area contributed by atoms with Crippen molar-refractivity contribution in [2.75, 3.05) is 6.54 Å². The third kappa shape index (κ3) is 2.97. The third-order valence-corrected chi connectivity index (χ3v) is 4.08. The van der Waals surface area contributed by atoms with Gasteiger partial charge in [0.2, 0.25) is 5.76 Å². The molecule has 6 heteroatoms. The van der Waals surface area contributed by atoms with E-state index in [1.165, 1.54) is 0 Å². The first-order valence-corrected chi connectivity index (χ1v) is 7.56. The number of fused-ring (bicyclic) bond motifs is 1. The predicted octanol–water partition coefficient (Wildman–Crippen LogP) is 2.69. The molecule has 0 fully saturated rings. The molecule has 0 unspecified atom stereocenters. The summed E-state index contributed by atoms with van der Waals surface area (Å²) in [6, 6.07) is 6.74. The lowest BCUT2D eigenvalue weighted by Crippen LogP contribution is -2.35. The Labute approximate surface area is 133 Å².